The third-order valence-electron chi connectivity index (χ3n) is 2.84. The van der Waals surface area contributed by atoms with E-state index in [9.17, 15) is 0 Å². The third kappa shape index (κ3) is 2.43. The van der Waals surface area contributed by atoms with Crippen molar-refractivity contribution in [3.05, 3.63) is 36.0 Å². The van der Waals surface area contributed by atoms with Crippen LogP contribution in [0, 0.1) is 0 Å². The van der Waals surface area contributed by atoms with Crippen molar-refractivity contribution in [1.82, 2.24) is 4.98 Å². The molecule has 1 nitrogen and oxygen atoms in total. The Morgan fingerprint density at radius 3 is 2.93 bits per heavy atom. The van der Waals surface area contributed by atoms with Crippen molar-refractivity contribution in [2.24, 2.45) is 0 Å². The highest BCUT2D eigenvalue weighted by Gasteiger charge is 2.05. The molecule has 2 heteroatoms. The van der Waals surface area contributed by atoms with E-state index < -0.39 is 0 Å². The molecule has 2 aromatic rings. The monoisotopic (exact) mass is 265 g/mol. The van der Waals surface area contributed by atoms with E-state index in [0.717, 1.165) is 6.42 Å². The summed E-state index contributed by atoms with van der Waals surface area (Å²) < 4.78 is 0. The zero-order valence-corrected chi connectivity index (χ0v) is 10.5. The highest BCUT2D eigenvalue weighted by molar-refractivity contribution is 9.09. The Kier molecular flexibility index (Phi) is 3.47. The molecule has 0 bridgehead atoms. The van der Waals surface area contributed by atoms with Gasteiger partial charge in [-0.2, -0.15) is 0 Å². The van der Waals surface area contributed by atoms with E-state index in [-0.39, 0.29) is 0 Å². The van der Waals surface area contributed by atoms with E-state index in [0.29, 0.717) is 4.83 Å². The molecule has 15 heavy (non-hydrogen) atoms. The maximum atomic E-state index is 3.68. The second kappa shape index (κ2) is 4.84. The summed E-state index contributed by atoms with van der Waals surface area (Å²) >= 11 is 3.68. The van der Waals surface area contributed by atoms with Crippen LogP contribution >= 0.6 is 15.9 Å². The van der Waals surface area contributed by atoms with Crippen LogP contribution in [0.15, 0.2) is 30.5 Å². The second-order valence-electron chi connectivity index (χ2n) is 3.90. The van der Waals surface area contributed by atoms with Gasteiger partial charge < -0.3 is 4.98 Å². The number of fused-ring (bicyclic) bond motifs is 1. The topological polar surface area (TPSA) is 15.8 Å². The van der Waals surface area contributed by atoms with Gasteiger partial charge in [0.15, 0.2) is 0 Å². The Morgan fingerprint density at radius 1 is 1.33 bits per heavy atom. The Bertz CT molecular complexity index is 433. The molecule has 1 aromatic carbocycles. The molecular weight excluding hydrogens is 250 g/mol. The Hall–Kier alpha value is -0.760. The first kappa shape index (κ1) is 10.7. The van der Waals surface area contributed by atoms with Crippen LogP contribution in [-0.2, 0) is 6.42 Å². The largest absolute Gasteiger partial charge is 0.361 e. The minimum absolute atomic E-state index is 0.645. The Labute approximate surface area is 99.0 Å². The molecule has 0 saturated carbocycles. The first-order chi connectivity index (χ1) is 7.31. The molecule has 1 atom stereocenters. The molecule has 0 radical (unpaired) electrons. The van der Waals surface area contributed by atoms with Crippen LogP contribution in [0.3, 0.4) is 0 Å². The maximum Gasteiger partial charge on any atom is 0.0456 e. The van der Waals surface area contributed by atoms with Crippen LogP contribution < -0.4 is 0 Å². The molecule has 0 fully saturated rings. The average Bonchev–Trinajstić information content (AvgIpc) is 2.69. The predicted molar refractivity (Wildman–Crippen MR) is 69.6 cm³/mol. The number of alkyl halides is 1. The molecular formula is C13H16BrN. The van der Waals surface area contributed by atoms with Crippen LogP contribution in [-0.4, -0.2) is 9.81 Å². The normalized spacial score (nSPS) is 13.2. The number of halogens is 1. The number of nitrogens with one attached hydrogen (secondary N) is 1. The standard InChI is InChI=1S/C13H16BrN/c1-2-11(14)8-7-10-9-15-13-6-4-3-5-12(10)13/h3-6,9,11,15H,2,7-8H2,1H3. The minimum atomic E-state index is 0.645. The van der Waals surface area contributed by atoms with Crippen LogP contribution in [0.5, 0.6) is 0 Å². The molecule has 0 spiro atoms. The van der Waals surface area contributed by atoms with Crippen molar-refractivity contribution in [3.63, 3.8) is 0 Å². The second-order valence-corrected chi connectivity index (χ2v) is 5.20. The van der Waals surface area contributed by atoms with Gasteiger partial charge in [0.25, 0.3) is 0 Å². The highest BCUT2D eigenvalue weighted by Crippen LogP contribution is 2.21. The number of aromatic amines is 1. The van der Waals surface area contributed by atoms with E-state index in [1.165, 1.54) is 29.3 Å². The van der Waals surface area contributed by atoms with E-state index in [4.69, 9.17) is 0 Å². The molecule has 0 amide bonds. The highest BCUT2D eigenvalue weighted by atomic mass is 79.9. The summed E-state index contributed by atoms with van der Waals surface area (Å²) in [4.78, 5) is 3.96. The third-order valence-corrected chi connectivity index (χ3v) is 3.95. The van der Waals surface area contributed by atoms with Crippen LogP contribution in [0.2, 0.25) is 0 Å². The minimum Gasteiger partial charge on any atom is -0.361 e. The lowest BCUT2D eigenvalue weighted by atomic mass is 10.1. The van der Waals surface area contributed by atoms with Crippen molar-refractivity contribution in [2.45, 2.75) is 31.0 Å². The van der Waals surface area contributed by atoms with Gasteiger partial charge in [-0.3, -0.25) is 0 Å². The summed E-state index contributed by atoms with van der Waals surface area (Å²) in [7, 11) is 0. The number of para-hydroxylation sites is 1. The molecule has 1 heterocycles. The first-order valence-electron chi connectivity index (χ1n) is 5.50. The van der Waals surface area contributed by atoms with E-state index >= 15 is 0 Å². The quantitative estimate of drug-likeness (QED) is 0.795. The van der Waals surface area contributed by atoms with Gasteiger partial charge in [-0.1, -0.05) is 41.1 Å². The molecule has 1 N–H and O–H groups in total. The fourth-order valence-corrected chi connectivity index (χ4v) is 2.08. The number of hydrogen-bond donors (Lipinski definition) is 1. The van der Waals surface area contributed by atoms with Gasteiger partial charge in [-0.25, -0.2) is 0 Å². The lowest BCUT2D eigenvalue weighted by Gasteiger charge is -2.05. The fourth-order valence-electron chi connectivity index (χ4n) is 1.85. The van der Waals surface area contributed by atoms with E-state index in [1.807, 2.05) is 0 Å². The van der Waals surface area contributed by atoms with Gasteiger partial charge in [0, 0.05) is 21.9 Å². The Balaban J connectivity index is 2.14. The van der Waals surface area contributed by atoms with Crippen LogP contribution in [0.25, 0.3) is 10.9 Å². The number of H-pyrrole nitrogens is 1. The number of hydrogen-bond acceptors (Lipinski definition) is 0. The number of rotatable bonds is 4. The number of aromatic nitrogens is 1. The summed E-state index contributed by atoms with van der Waals surface area (Å²) in [5, 5.41) is 1.37. The molecule has 80 valence electrons. The van der Waals surface area contributed by atoms with Crippen molar-refractivity contribution in [1.29, 1.82) is 0 Å². The van der Waals surface area contributed by atoms with Gasteiger partial charge in [-0.15, -0.1) is 0 Å². The smallest absolute Gasteiger partial charge is 0.0456 e. The lowest BCUT2D eigenvalue weighted by molar-refractivity contribution is 0.749. The van der Waals surface area contributed by atoms with E-state index in [1.54, 1.807) is 0 Å². The summed E-state index contributed by atoms with van der Waals surface area (Å²) in [6.45, 7) is 2.22. The molecule has 0 saturated heterocycles. The molecule has 1 aromatic heterocycles. The fraction of sp³-hybridized carbons (Fsp3) is 0.385. The van der Waals surface area contributed by atoms with Gasteiger partial charge in [-0.05, 0) is 30.9 Å². The molecule has 0 aliphatic carbocycles. The van der Waals surface area contributed by atoms with E-state index in [2.05, 4.69) is 58.3 Å². The SMILES string of the molecule is CCC(Br)CCc1c[nH]c2ccccc12. The molecule has 0 aliphatic heterocycles. The van der Waals surface area contributed by atoms with Gasteiger partial charge >= 0.3 is 0 Å². The average molecular weight is 266 g/mol. The van der Waals surface area contributed by atoms with Crippen molar-refractivity contribution in [2.75, 3.05) is 0 Å². The molecule has 1 unspecified atom stereocenters. The van der Waals surface area contributed by atoms with Crippen LogP contribution in [0.1, 0.15) is 25.3 Å². The van der Waals surface area contributed by atoms with Crippen molar-refractivity contribution >= 4 is 26.8 Å². The molecule has 0 aliphatic rings. The summed E-state index contributed by atoms with van der Waals surface area (Å²) in [5.74, 6) is 0. The summed E-state index contributed by atoms with van der Waals surface area (Å²) in [6, 6.07) is 8.49. The predicted octanol–water partition coefficient (Wildman–Crippen LogP) is 4.27. The zero-order chi connectivity index (χ0) is 10.7. The van der Waals surface area contributed by atoms with Gasteiger partial charge in [0.05, 0.1) is 0 Å². The summed E-state index contributed by atoms with van der Waals surface area (Å²) in [6.07, 6.45) is 5.69. The zero-order valence-electron chi connectivity index (χ0n) is 8.96. The molecule has 2 rings (SSSR count). The van der Waals surface area contributed by atoms with Gasteiger partial charge in [0.2, 0.25) is 0 Å². The lowest BCUT2D eigenvalue weighted by Crippen LogP contribution is -1.97. The maximum absolute atomic E-state index is 3.68. The number of benzene rings is 1. The van der Waals surface area contributed by atoms with Crippen molar-refractivity contribution < 1.29 is 0 Å². The first-order valence-corrected chi connectivity index (χ1v) is 6.42. The summed E-state index contributed by atoms with van der Waals surface area (Å²) in [5.41, 5.74) is 2.68. The van der Waals surface area contributed by atoms with Crippen LogP contribution in [0.4, 0.5) is 0 Å². The van der Waals surface area contributed by atoms with Crippen molar-refractivity contribution in [3.8, 4) is 0 Å². The van der Waals surface area contributed by atoms with Gasteiger partial charge in [0.1, 0.15) is 0 Å². The Morgan fingerprint density at radius 2 is 2.13 bits per heavy atom. The number of aryl methyl sites for hydroxylation is 1.